The average Bonchev–Trinajstić information content (AvgIpc) is 3.88. The summed E-state index contributed by atoms with van der Waals surface area (Å²) in [5.74, 6) is -0.169. The van der Waals surface area contributed by atoms with Gasteiger partial charge in [-0.2, -0.15) is 18.3 Å². The van der Waals surface area contributed by atoms with Crippen LogP contribution in [0.5, 0.6) is 5.75 Å². The third-order valence-electron chi connectivity index (χ3n) is 8.89. The molecule has 1 saturated heterocycles. The Bertz CT molecular complexity index is 2180. The van der Waals surface area contributed by atoms with E-state index in [0.29, 0.717) is 89.3 Å². The first-order chi connectivity index (χ1) is 29.3. The summed E-state index contributed by atoms with van der Waals surface area (Å²) in [7, 11) is 0. The summed E-state index contributed by atoms with van der Waals surface area (Å²) < 4.78 is 70.4. The largest absolute Gasteiger partial charge is 0.491 e. The molecule has 1 fully saturated rings. The van der Waals surface area contributed by atoms with Crippen LogP contribution in [0.25, 0.3) is 11.3 Å². The Morgan fingerprint density at radius 2 is 1.67 bits per heavy atom. The van der Waals surface area contributed by atoms with Crippen molar-refractivity contribution in [2.45, 2.75) is 69.0 Å². The molecule has 1 aliphatic heterocycles. The summed E-state index contributed by atoms with van der Waals surface area (Å²) in [5.41, 5.74) is -0.157. The van der Waals surface area contributed by atoms with Crippen molar-refractivity contribution in [2.75, 3.05) is 51.5 Å². The Labute approximate surface area is 353 Å². The van der Waals surface area contributed by atoms with E-state index in [1.807, 2.05) is 24.3 Å². The van der Waals surface area contributed by atoms with Gasteiger partial charge in [0.05, 0.1) is 82.3 Å². The fourth-order valence-corrected chi connectivity index (χ4v) is 6.64. The molecule has 3 aromatic heterocycles. The zero-order valence-corrected chi connectivity index (χ0v) is 34.4. The van der Waals surface area contributed by atoms with Crippen LogP contribution < -0.4 is 20.1 Å². The number of alkyl halides is 3. The van der Waals surface area contributed by atoms with Crippen LogP contribution in [0.1, 0.15) is 49.4 Å². The summed E-state index contributed by atoms with van der Waals surface area (Å²) in [5, 5.41) is 27.7. The van der Waals surface area contributed by atoms with Crippen LogP contribution in [0, 0.1) is 0 Å². The van der Waals surface area contributed by atoms with Gasteiger partial charge in [0.25, 0.3) is 0 Å². The molecule has 0 spiro atoms. The molecule has 1 unspecified atom stereocenters. The maximum absolute atomic E-state index is 13.8. The molecule has 1 aliphatic rings. The Hall–Kier alpha value is -5.45. The molecule has 6 rings (SSSR count). The molecule has 2 aromatic carbocycles. The minimum atomic E-state index is -4.68. The number of benzene rings is 2. The van der Waals surface area contributed by atoms with Crippen molar-refractivity contribution >= 4 is 35.4 Å². The highest BCUT2D eigenvalue weighted by molar-refractivity contribution is 7.97. The van der Waals surface area contributed by atoms with E-state index in [9.17, 15) is 27.9 Å². The number of imide groups is 1. The van der Waals surface area contributed by atoms with Gasteiger partial charge in [0.2, 0.25) is 17.8 Å². The molecule has 2 amide bonds. The number of hydrogen-bond donors (Lipinski definition) is 4. The van der Waals surface area contributed by atoms with Crippen molar-refractivity contribution in [3.63, 3.8) is 0 Å². The predicted octanol–water partition coefficient (Wildman–Crippen LogP) is 4.91. The highest BCUT2D eigenvalue weighted by atomic mass is 32.2. The highest BCUT2D eigenvalue weighted by Crippen LogP contribution is 2.36. The molecule has 326 valence electrons. The van der Waals surface area contributed by atoms with Crippen LogP contribution in [-0.2, 0) is 49.7 Å². The molecular weight excluding hydrogens is 822 g/mol. The molecule has 61 heavy (non-hydrogen) atoms. The van der Waals surface area contributed by atoms with E-state index in [4.69, 9.17) is 18.9 Å². The number of carbonyl (C=O) groups excluding carboxylic acids is 2. The van der Waals surface area contributed by atoms with Gasteiger partial charge in [-0.25, -0.2) is 14.6 Å². The van der Waals surface area contributed by atoms with Crippen LogP contribution in [0.3, 0.4) is 0 Å². The summed E-state index contributed by atoms with van der Waals surface area (Å²) in [6, 6.07) is 14.5. The number of nitrogens with zero attached hydrogens (tertiary/aromatic N) is 7. The number of piperidine rings is 1. The van der Waals surface area contributed by atoms with Gasteiger partial charge < -0.3 is 29.4 Å². The number of aromatic nitrogens is 7. The Morgan fingerprint density at radius 3 is 2.41 bits per heavy atom. The van der Waals surface area contributed by atoms with Crippen molar-refractivity contribution in [1.82, 2.24) is 44.8 Å². The highest BCUT2D eigenvalue weighted by Gasteiger charge is 2.36. The predicted molar refractivity (Wildman–Crippen MR) is 217 cm³/mol. The van der Waals surface area contributed by atoms with Crippen LogP contribution in [0.2, 0.25) is 0 Å². The first-order valence-electron chi connectivity index (χ1n) is 19.4. The van der Waals surface area contributed by atoms with Gasteiger partial charge in [0.1, 0.15) is 23.6 Å². The second-order valence-corrected chi connectivity index (χ2v) is 15.5. The smallest absolute Gasteiger partial charge is 0.419 e. The summed E-state index contributed by atoms with van der Waals surface area (Å²) in [6.45, 7) is 7.05. The zero-order chi connectivity index (χ0) is 43.2. The number of hydrogen-bond acceptors (Lipinski definition) is 15. The number of halogens is 3. The molecule has 0 aliphatic carbocycles. The fraction of sp³-hybridized carbons (Fsp3) is 0.425. The lowest BCUT2D eigenvalue weighted by Gasteiger charge is -2.21. The third-order valence-corrected chi connectivity index (χ3v) is 9.75. The molecule has 4 N–H and O–H groups in total. The third kappa shape index (κ3) is 14.3. The summed E-state index contributed by atoms with van der Waals surface area (Å²) in [4.78, 5) is 32.4. The number of ether oxygens (including phenoxy) is 4. The van der Waals surface area contributed by atoms with Crippen LogP contribution >= 0.6 is 11.9 Å². The minimum Gasteiger partial charge on any atom is -0.491 e. The van der Waals surface area contributed by atoms with Crippen LogP contribution in [0.4, 0.5) is 24.8 Å². The number of nitrogens with one attached hydrogen (secondary N) is 3. The van der Waals surface area contributed by atoms with E-state index in [0.717, 1.165) is 16.7 Å². The number of amides is 2. The van der Waals surface area contributed by atoms with Crippen LogP contribution in [-0.4, -0.2) is 103 Å². The Morgan fingerprint density at radius 1 is 0.918 bits per heavy atom. The van der Waals surface area contributed by atoms with Gasteiger partial charge in [0.15, 0.2) is 0 Å². The lowest BCUT2D eigenvalue weighted by Crippen LogP contribution is -2.39. The van der Waals surface area contributed by atoms with E-state index >= 15 is 0 Å². The van der Waals surface area contributed by atoms with Crippen molar-refractivity contribution in [3.05, 3.63) is 90.1 Å². The first-order valence-corrected chi connectivity index (χ1v) is 20.3. The monoisotopic (exact) mass is 868 g/mol. The number of carbonyl (C=O) groups is 2. The van der Waals surface area contributed by atoms with Gasteiger partial charge in [-0.3, -0.25) is 24.3 Å². The summed E-state index contributed by atoms with van der Waals surface area (Å²) in [6.07, 6.45) is 1.39. The van der Waals surface area contributed by atoms with Gasteiger partial charge in [-0.05, 0) is 74.2 Å². The Kier molecular flexibility index (Phi) is 15.8. The molecular formula is C40H47F3N10O7S. The first kappa shape index (κ1) is 45.1. The SMILES string of the molecule is CC(C)(O)Cn1cc(-c2nc(Nc3ccc(SNCCOCc4cn(CCOCCOCCOc5ccc(C6CCC(=O)NC6=O)cc5)nn4)cc3)ncc2C(F)(F)F)cn1. The second-order valence-electron chi connectivity index (χ2n) is 14.5. The van der Waals surface area contributed by atoms with E-state index in [1.165, 1.54) is 29.0 Å². The summed E-state index contributed by atoms with van der Waals surface area (Å²) >= 11 is 1.40. The quantitative estimate of drug-likeness (QED) is 0.0392. The molecule has 1 atom stereocenters. The molecule has 4 heterocycles. The molecule has 0 saturated carbocycles. The van der Waals surface area contributed by atoms with Gasteiger partial charge >= 0.3 is 6.18 Å². The van der Waals surface area contributed by atoms with E-state index < -0.39 is 17.3 Å². The lowest BCUT2D eigenvalue weighted by molar-refractivity contribution is -0.137. The molecule has 0 radical (unpaired) electrons. The molecule has 21 heteroatoms. The van der Waals surface area contributed by atoms with Gasteiger partial charge in [0, 0.05) is 41.5 Å². The van der Waals surface area contributed by atoms with Gasteiger partial charge in [-0.15, -0.1) is 5.10 Å². The molecule has 17 nitrogen and oxygen atoms in total. The number of rotatable bonds is 23. The Balaban J connectivity index is 0.803. The maximum atomic E-state index is 13.8. The number of anilines is 2. The van der Waals surface area contributed by atoms with Crippen molar-refractivity contribution in [3.8, 4) is 17.0 Å². The standard InChI is InChI=1S/C40H47F3N10O7S/c1-39(2,56)26-53-23-28(21-45-53)36-34(40(41,42)43)22-44-38(49-36)47-29-5-9-32(10-6-29)61-46-13-15-59-25-30-24-52(51-50-30)14-16-57-17-18-58-19-20-60-31-7-3-27(4-8-31)33-11-12-35(54)48-37(33)55/h3-10,21-24,33,46,56H,11-20,25-26H2,1-2H3,(H,44,47,49)(H,48,54,55). The second kappa shape index (κ2) is 21.4. The normalized spacial score (nSPS) is 14.6. The van der Waals surface area contributed by atoms with Crippen molar-refractivity contribution in [2.24, 2.45) is 0 Å². The number of aliphatic hydroxyl groups is 1. The molecule has 5 aromatic rings. The van der Waals surface area contributed by atoms with E-state index in [2.05, 4.69) is 40.7 Å². The fourth-order valence-electron chi connectivity index (χ4n) is 6.02. The topological polar surface area (TPSA) is 202 Å². The average molecular weight is 869 g/mol. The van der Waals surface area contributed by atoms with Crippen molar-refractivity contribution in [1.29, 1.82) is 0 Å². The van der Waals surface area contributed by atoms with E-state index in [1.54, 1.807) is 49.0 Å². The lowest BCUT2D eigenvalue weighted by atomic mass is 9.90. The van der Waals surface area contributed by atoms with Gasteiger partial charge in [-0.1, -0.05) is 17.3 Å². The zero-order valence-electron chi connectivity index (χ0n) is 33.6. The minimum absolute atomic E-state index is 0.0149. The maximum Gasteiger partial charge on any atom is 0.419 e. The van der Waals surface area contributed by atoms with Crippen LogP contribution in [0.15, 0.2) is 78.2 Å². The van der Waals surface area contributed by atoms with Crippen molar-refractivity contribution < 1.29 is 46.8 Å². The molecule has 0 bridgehead atoms. The van der Waals surface area contributed by atoms with E-state index in [-0.39, 0.29) is 41.5 Å².